The van der Waals surface area contributed by atoms with E-state index in [4.69, 9.17) is 8.22 Å². The smallest absolute Gasteiger partial charge is 0.0849 e. The molecule has 30 heavy (non-hydrogen) atoms. The van der Waals surface area contributed by atoms with Gasteiger partial charge in [-0.05, 0) is 107 Å². The standard InChI is InChI=1S/C27H44O3/c1-18-8-12-22(28)17-21(18)11-10-20-7-6-16-27(5)23(13-14-24(20)27)19(2)9-15-25(29)26(3,4)30/h10-11,19,22-25,28-30H,1,6-9,12-17H2,2-5H3/b20-10+,21-11-/t19-,22+,23-,24+,25-,27-/m0/s1/i3D3,4D3. The minimum atomic E-state index is -3.22. The van der Waals surface area contributed by atoms with Crippen molar-refractivity contribution in [3.05, 3.63) is 35.5 Å². The summed E-state index contributed by atoms with van der Waals surface area (Å²) in [6.45, 7) is 2.17. The first-order valence-corrected chi connectivity index (χ1v) is 11.7. The summed E-state index contributed by atoms with van der Waals surface area (Å²) in [4.78, 5) is 0. The molecule has 0 bridgehead atoms. The molecule has 3 heteroatoms. The number of rotatable bonds is 6. The van der Waals surface area contributed by atoms with Crippen molar-refractivity contribution in [3.8, 4) is 0 Å². The summed E-state index contributed by atoms with van der Waals surface area (Å²) in [5.41, 5.74) is 0.633. The Hall–Kier alpha value is -0.900. The Bertz CT molecular complexity index is 860. The highest BCUT2D eigenvalue weighted by atomic mass is 16.3. The van der Waals surface area contributed by atoms with Crippen LogP contribution in [0.1, 0.15) is 100.0 Å². The SMILES string of the molecule is [2H]C([2H])([2H])C(O)([C@@H](O)CC[C@H](C)[C@@H]1CC[C@@H]2/C(=C/C=C3/C[C@H](O)CCC3=C)CCC[C@]21C)C([2H])([2H])[2H]. The molecule has 3 aliphatic rings. The van der Waals surface area contributed by atoms with Crippen LogP contribution in [-0.4, -0.2) is 33.1 Å². The molecular weight excluding hydrogens is 372 g/mol. The van der Waals surface area contributed by atoms with Crippen molar-refractivity contribution in [1.29, 1.82) is 0 Å². The molecule has 0 aromatic carbocycles. The van der Waals surface area contributed by atoms with Gasteiger partial charge < -0.3 is 15.3 Å². The molecule has 0 aliphatic heterocycles. The monoisotopic (exact) mass is 422 g/mol. The molecule has 0 spiro atoms. The van der Waals surface area contributed by atoms with Gasteiger partial charge in [-0.2, -0.15) is 0 Å². The molecule has 0 saturated heterocycles. The third-order valence-electron chi connectivity index (χ3n) is 8.29. The van der Waals surface area contributed by atoms with Crippen molar-refractivity contribution in [2.75, 3.05) is 0 Å². The van der Waals surface area contributed by atoms with Gasteiger partial charge in [0.05, 0.1) is 17.8 Å². The lowest BCUT2D eigenvalue weighted by molar-refractivity contribution is -0.0554. The van der Waals surface area contributed by atoms with Crippen LogP contribution in [0.4, 0.5) is 0 Å². The summed E-state index contributed by atoms with van der Waals surface area (Å²) in [7, 11) is 0. The third kappa shape index (κ3) is 5.11. The van der Waals surface area contributed by atoms with E-state index in [1.165, 1.54) is 5.57 Å². The van der Waals surface area contributed by atoms with Gasteiger partial charge in [0.1, 0.15) is 0 Å². The van der Waals surface area contributed by atoms with Gasteiger partial charge in [0.25, 0.3) is 0 Å². The Morgan fingerprint density at radius 1 is 1.23 bits per heavy atom. The number of aliphatic hydroxyl groups excluding tert-OH is 2. The van der Waals surface area contributed by atoms with E-state index in [0.29, 0.717) is 24.7 Å². The Kier molecular flexibility index (Phi) is 5.18. The normalized spacial score (nSPS) is 41.2. The molecule has 3 N–H and O–H groups in total. The fourth-order valence-electron chi connectivity index (χ4n) is 6.44. The van der Waals surface area contributed by atoms with Crippen LogP contribution in [0.25, 0.3) is 0 Å². The lowest BCUT2D eigenvalue weighted by Gasteiger charge is -2.44. The molecule has 3 nitrogen and oxygen atoms in total. The summed E-state index contributed by atoms with van der Waals surface area (Å²) in [6.07, 6.45) is 10.2. The molecule has 0 unspecified atom stereocenters. The van der Waals surface area contributed by atoms with Gasteiger partial charge in [0, 0.05) is 8.22 Å². The second-order valence-corrected chi connectivity index (χ2v) is 10.4. The van der Waals surface area contributed by atoms with Gasteiger partial charge in [-0.1, -0.05) is 43.7 Å². The Morgan fingerprint density at radius 3 is 2.73 bits per heavy atom. The maximum atomic E-state index is 10.6. The van der Waals surface area contributed by atoms with Crippen molar-refractivity contribution in [3.63, 3.8) is 0 Å². The van der Waals surface area contributed by atoms with Crippen molar-refractivity contribution in [2.24, 2.45) is 23.2 Å². The van der Waals surface area contributed by atoms with Crippen LogP contribution in [0.3, 0.4) is 0 Å². The van der Waals surface area contributed by atoms with E-state index in [0.717, 1.165) is 56.1 Å². The second-order valence-electron chi connectivity index (χ2n) is 10.4. The Balaban J connectivity index is 1.71. The van der Waals surface area contributed by atoms with E-state index < -0.39 is 25.4 Å². The van der Waals surface area contributed by atoms with E-state index in [2.05, 4.69) is 32.6 Å². The van der Waals surface area contributed by atoms with Gasteiger partial charge in [-0.3, -0.25) is 0 Å². The highest BCUT2D eigenvalue weighted by Crippen LogP contribution is 2.60. The van der Waals surface area contributed by atoms with Crippen LogP contribution in [0.15, 0.2) is 35.5 Å². The highest BCUT2D eigenvalue weighted by Gasteiger charge is 2.50. The van der Waals surface area contributed by atoms with Gasteiger partial charge in [-0.25, -0.2) is 0 Å². The van der Waals surface area contributed by atoms with Crippen molar-refractivity contribution < 1.29 is 23.5 Å². The van der Waals surface area contributed by atoms with Crippen LogP contribution < -0.4 is 0 Å². The summed E-state index contributed by atoms with van der Waals surface area (Å²) >= 11 is 0. The number of allylic oxidation sites excluding steroid dienone is 4. The highest BCUT2D eigenvalue weighted by molar-refractivity contribution is 5.36. The summed E-state index contributed by atoms with van der Waals surface area (Å²) < 4.78 is 45.4. The molecule has 3 rings (SSSR count). The maximum Gasteiger partial charge on any atom is 0.0849 e. The predicted octanol–water partition coefficient (Wildman–Crippen LogP) is 5.70. The number of hydrogen-bond acceptors (Lipinski definition) is 3. The molecule has 6 atom stereocenters. The molecule has 3 fully saturated rings. The molecule has 0 aromatic heterocycles. The van der Waals surface area contributed by atoms with E-state index in [9.17, 15) is 15.3 Å². The molecule has 0 aromatic rings. The lowest BCUT2D eigenvalue weighted by Crippen LogP contribution is -2.38. The molecule has 0 radical (unpaired) electrons. The van der Waals surface area contributed by atoms with E-state index in [1.54, 1.807) is 0 Å². The predicted molar refractivity (Wildman–Crippen MR) is 124 cm³/mol. The molecule has 0 heterocycles. The van der Waals surface area contributed by atoms with E-state index >= 15 is 0 Å². The first kappa shape index (κ1) is 16.7. The largest absolute Gasteiger partial charge is 0.393 e. The van der Waals surface area contributed by atoms with Crippen molar-refractivity contribution in [1.82, 2.24) is 0 Å². The Morgan fingerprint density at radius 2 is 2.00 bits per heavy atom. The summed E-state index contributed by atoms with van der Waals surface area (Å²) in [5, 5.41) is 31.2. The Labute approximate surface area is 192 Å². The average Bonchev–Trinajstić information content (AvgIpc) is 3.13. The first-order chi connectivity index (χ1) is 16.5. The first-order valence-electron chi connectivity index (χ1n) is 14.7. The van der Waals surface area contributed by atoms with E-state index in [-0.39, 0.29) is 23.9 Å². The number of hydrogen-bond donors (Lipinski definition) is 3. The van der Waals surface area contributed by atoms with Crippen LogP contribution >= 0.6 is 0 Å². The summed E-state index contributed by atoms with van der Waals surface area (Å²) in [5.74, 6) is 0.966. The average molecular weight is 423 g/mol. The van der Waals surface area contributed by atoms with Crippen LogP contribution in [0.2, 0.25) is 0 Å². The topological polar surface area (TPSA) is 60.7 Å². The molecule has 3 aliphatic carbocycles. The minimum Gasteiger partial charge on any atom is -0.393 e. The zero-order valence-electron chi connectivity index (χ0n) is 24.7. The molecule has 0 amide bonds. The lowest BCUT2D eigenvalue weighted by atomic mass is 9.60. The van der Waals surface area contributed by atoms with Crippen LogP contribution in [-0.2, 0) is 0 Å². The molecular formula is C27H44O3. The maximum absolute atomic E-state index is 10.6. The molecule has 3 saturated carbocycles. The number of fused-ring (bicyclic) bond motifs is 1. The zero-order chi connectivity index (χ0) is 27.1. The van der Waals surface area contributed by atoms with Gasteiger partial charge in [-0.15, -0.1) is 0 Å². The van der Waals surface area contributed by atoms with Crippen LogP contribution in [0.5, 0.6) is 0 Å². The van der Waals surface area contributed by atoms with Crippen molar-refractivity contribution in [2.45, 2.75) is 110 Å². The van der Waals surface area contributed by atoms with Gasteiger partial charge in [0.2, 0.25) is 0 Å². The second kappa shape index (κ2) is 9.30. The number of aliphatic hydroxyl groups is 3. The summed E-state index contributed by atoms with van der Waals surface area (Å²) in [6, 6.07) is 0. The molecule has 170 valence electrons. The van der Waals surface area contributed by atoms with Gasteiger partial charge >= 0.3 is 0 Å². The zero-order valence-corrected chi connectivity index (χ0v) is 18.7. The van der Waals surface area contributed by atoms with Crippen molar-refractivity contribution >= 4 is 0 Å². The fraction of sp³-hybridized carbons (Fsp3) is 0.778. The van der Waals surface area contributed by atoms with Gasteiger partial charge in [0.15, 0.2) is 0 Å². The third-order valence-corrected chi connectivity index (χ3v) is 8.29. The quantitative estimate of drug-likeness (QED) is 0.514. The fourth-order valence-corrected chi connectivity index (χ4v) is 6.44. The minimum absolute atomic E-state index is 0.0784. The van der Waals surface area contributed by atoms with E-state index in [1.807, 2.05) is 0 Å². The van der Waals surface area contributed by atoms with Crippen LogP contribution in [0, 0.1) is 23.2 Å².